The summed E-state index contributed by atoms with van der Waals surface area (Å²) < 4.78 is 6.24. The van der Waals surface area contributed by atoms with Crippen LogP contribution >= 0.6 is 0 Å². The molecule has 1 aromatic heterocycles. The van der Waals surface area contributed by atoms with Gasteiger partial charge in [0.25, 0.3) is 0 Å². The van der Waals surface area contributed by atoms with Gasteiger partial charge in [0.15, 0.2) is 0 Å². The number of rotatable bonds is 10. The molecule has 0 fully saturated rings. The van der Waals surface area contributed by atoms with Crippen LogP contribution in [0.15, 0.2) is 60.8 Å². The van der Waals surface area contributed by atoms with Crippen molar-refractivity contribution in [2.45, 2.75) is 72.6 Å². The van der Waals surface area contributed by atoms with E-state index < -0.39 is 18.4 Å². The maximum absolute atomic E-state index is 4.96. The van der Waals surface area contributed by atoms with E-state index in [1.54, 1.807) is 3.58 Å². The van der Waals surface area contributed by atoms with Crippen LogP contribution in [0.5, 0.6) is 0 Å². The molecule has 1 heterocycles. The summed E-state index contributed by atoms with van der Waals surface area (Å²) in [5.74, 6) is 0. The van der Waals surface area contributed by atoms with Gasteiger partial charge in [0.05, 0.1) is 0 Å². The Morgan fingerprint density at radius 1 is 0.645 bits per heavy atom. The molecule has 2 heteroatoms. The second-order valence-electron chi connectivity index (χ2n) is 9.30. The first-order chi connectivity index (χ1) is 15.2. The molecule has 0 saturated carbocycles. The number of fused-ring (bicyclic) bond motifs is 5. The van der Waals surface area contributed by atoms with Crippen molar-refractivity contribution in [1.82, 2.24) is 4.98 Å². The fourth-order valence-corrected chi connectivity index (χ4v) is 22.3. The molecule has 0 atom stereocenters. The number of hydrogen-bond acceptors (Lipinski definition) is 1. The molecule has 0 spiro atoms. The van der Waals surface area contributed by atoms with Crippen LogP contribution in [-0.4, -0.2) is 23.4 Å². The molecule has 0 radical (unpaired) electrons. The molecule has 162 valence electrons. The van der Waals surface area contributed by atoms with Crippen molar-refractivity contribution in [2.75, 3.05) is 0 Å². The Hall–Kier alpha value is -1.61. The van der Waals surface area contributed by atoms with Crippen LogP contribution in [0, 0.1) is 0 Å². The van der Waals surface area contributed by atoms with Crippen LogP contribution < -0.4 is 3.58 Å². The first-order valence-corrected chi connectivity index (χ1v) is 19.9. The van der Waals surface area contributed by atoms with Crippen molar-refractivity contribution in [2.24, 2.45) is 0 Å². The van der Waals surface area contributed by atoms with Gasteiger partial charge in [-0.25, -0.2) is 0 Å². The van der Waals surface area contributed by atoms with E-state index in [9.17, 15) is 0 Å². The Morgan fingerprint density at radius 3 is 1.97 bits per heavy atom. The van der Waals surface area contributed by atoms with Crippen LogP contribution in [0.3, 0.4) is 0 Å². The molecule has 0 N–H and O–H groups in total. The van der Waals surface area contributed by atoms with E-state index in [1.165, 1.54) is 84.3 Å². The Kier molecular flexibility index (Phi) is 7.53. The Morgan fingerprint density at radius 2 is 1.29 bits per heavy atom. The summed E-state index contributed by atoms with van der Waals surface area (Å²) in [6, 6.07) is 20.5. The summed E-state index contributed by atoms with van der Waals surface area (Å²) >= 11 is -2.61. The summed E-state index contributed by atoms with van der Waals surface area (Å²) in [5.41, 5.74) is 1.20. The first-order valence-electron chi connectivity index (χ1n) is 12.4. The molecular weight excluding hydrogens is 481 g/mol. The third kappa shape index (κ3) is 4.49. The van der Waals surface area contributed by atoms with Crippen LogP contribution in [-0.2, 0) is 0 Å². The zero-order valence-corrected chi connectivity index (χ0v) is 22.4. The van der Waals surface area contributed by atoms with Crippen LogP contribution in [0.25, 0.3) is 32.4 Å². The second-order valence-corrected chi connectivity index (χ2v) is 22.4. The van der Waals surface area contributed by atoms with Gasteiger partial charge in [0.2, 0.25) is 0 Å². The molecule has 0 aliphatic heterocycles. The molecule has 4 aromatic rings. The van der Waals surface area contributed by atoms with E-state index in [0.29, 0.717) is 0 Å². The molecule has 0 bridgehead atoms. The molecule has 4 rings (SSSR count). The normalized spacial score (nSPS) is 12.2. The van der Waals surface area contributed by atoms with Gasteiger partial charge >= 0.3 is 193 Å². The summed E-state index contributed by atoms with van der Waals surface area (Å²) in [7, 11) is 0. The standard InChI is InChI=1S/C17H10N.3C4H9.Sn/c1-2-6-14-12(5-1)9-10-13-11-18-16-8-4-3-7-15(16)17(13)14;3*1-3-4-2;/h1-6,8-11H;3*1,3-4H2,2H3;. The van der Waals surface area contributed by atoms with Gasteiger partial charge < -0.3 is 0 Å². The van der Waals surface area contributed by atoms with Crippen molar-refractivity contribution in [3.05, 3.63) is 60.8 Å². The fourth-order valence-electron chi connectivity index (χ4n) is 5.49. The number of unbranched alkanes of at least 4 members (excludes halogenated alkanes) is 3. The number of benzene rings is 3. The Balaban J connectivity index is 2.07. The Labute approximate surface area is 192 Å². The molecule has 0 unspecified atom stereocenters. The van der Waals surface area contributed by atoms with E-state index in [2.05, 4.69) is 81.6 Å². The summed E-state index contributed by atoms with van der Waals surface area (Å²) in [5, 5.41) is 6.97. The van der Waals surface area contributed by atoms with E-state index in [0.717, 1.165) is 0 Å². The third-order valence-corrected chi connectivity index (χ3v) is 22.9. The minimum atomic E-state index is -2.61. The predicted octanol–water partition coefficient (Wildman–Crippen LogP) is 8.60. The first kappa shape index (κ1) is 22.6. The van der Waals surface area contributed by atoms with Crippen molar-refractivity contribution in [1.29, 1.82) is 0 Å². The second kappa shape index (κ2) is 10.3. The van der Waals surface area contributed by atoms with Crippen molar-refractivity contribution >= 4 is 54.4 Å². The van der Waals surface area contributed by atoms with Gasteiger partial charge in [0, 0.05) is 0 Å². The summed E-state index contributed by atoms with van der Waals surface area (Å²) in [6.45, 7) is 7.09. The average molecular weight is 518 g/mol. The zero-order valence-electron chi connectivity index (χ0n) is 19.6. The SMILES string of the molecule is CCC[CH2][Sn]([CH2]CCC)([CH2]CCC)[c]1cccc2ncc3ccc4ccccc4c3c12. The van der Waals surface area contributed by atoms with Gasteiger partial charge in [-0.2, -0.15) is 0 Å². The summed E-state index contributed by atoms with van der Waals surface area (Å²) in [6.07, 6.45) is 10.2. The topological polar surface area (TPSA) is 12.9 Å². The van der Waals surface area contributed by atoms with Crippen molar-refractivity contribution < 1.29 is 0 Å². The van der Waals surface area contributed by atoms with E-state index >= 15 is 0 Å². The van der Waals surface area contributed by atoms with E-state index in [1.807, 2.05) is 0 Å². The summed E-state index contributed by atoms with van der Waals surface area (Å²) in [4.78, 5) is 4.96. The molecular formula is C29H37NSn. The number of aromatic nitrogens is 1. The Bertz CT molecular complexity index is 1140. The van der Waals surface area contributed by atoms with Crippen molar-refractivity contribution in [3.8, 4) is 0 Å². The van der Waals surface area contributed by atoms with Crippen LogP contribution in [0.4, 0.5) is 0 Å². The molecule has 0 aliphatic carbocycles. The monoisotopic (exact) mass is 519 g/mol. The van der Waals surface area contributed by atoms with Gasteiger partial charge in [-0.1, -0.05) is 0 Å². The molecule has 0 saturated heterocycles. The maximum atomic E-state index is 4.96. The van der Waals surface area contributed by atoms with Gasteiger partial charge in [-0.15, -0.1) is 0 Å². The third-order valence-electron chi connectivity index (χ3n) is 7.19. The quantitative estimate of drug-likeness (QED) is 0.151. The fraction of sp³-hybridized carbons (Fsp3) is 0.414. The van der Waals surface area contributed by atoms with Gasteiger partial charge in [0.1, 0.15) is 0 Å². The number of nitrogens with zero attached hydrogens (tertiary/aromatic N) is 1. The predicted molar refractivity (Wildman–Crippen MR) is 141 cm³/mol. The molecule has 31 heavy (non-hydrogen) atoms. The van der Waals surface area contributed by atoms with Gasteiger partial charge in [-0.3, -0.25) is 0 Å². The molecule has 0 aliphatic rings. The van der Waals surface area contributed by atoms with Crippen LogP contribution in [0.1, 0.15) is 59.3 Å². The molecule has 3 aromatic carbocycles. The van der Waals surface area contributed by atoms with Gasteiger partial charge in [-0.05, 0) is 0 Å². The molecule has 0 amide bonds. The minimum absolute atomic E-state index is 1.20. The van der Waals surface area contributed by atoms with Crippen molar-refractivity contribution in [3.63, 3.8) is 0 Å². The van der Waals surface area contributed by atoms with Crippen LogP contribution in [0.2, 0.25) is 13.3 Å². The van der Waals surface area contributed by atoms with E-state index in [-0.39, 0.29) is 0 Å². The zero-order chi connectivity index (χ0) is 21.7. The average Bonchev–Trinajstić information content (AvgIpc) is 2.83. The molecule has 1 nitrogen and oxygen atoms in total. The number of hydrogen-bond donors (Lipinski definition) is 0. The van der Waals surface area contributed by atoms with E-state index in [4.69, 9.17) is 4.98 Å². The number of pyridine rings is 1.